The highest BCUT2D eigenvalue weighted by atomic mass is 32.2. The lowest BCUT2D eigenvalue weighted by molar-refractivity contribution is 0.0468. The van der Waals surface area contributed by atoms with Crippen molar-refractivity contribution in [2.24, 2.45) is 0 Å². The van der Waals surface area contributed by atoms with Crippen LogP contribution >= 0.6 is 0 Å². The van der Waals surface area contributed by atoms with Gasteiger partial charge in [0, 0.05) is 17.5 Å². The highest BCUT2D eigenvalue weighted by molar-refractivity contribution is 7.92. The number of hydrogen-bond donors (Lipinski definition) is 0. The summed E-state index contributed by atoms with van der Waals surface area (Å²) < 4.78 is 32.3. The first-order valence-electron chi connectivity index (χ1n) is 11.0. The molecule has 2 heterocycles. The third-order valence-corrected chi connectivity index (χ3v) is 7.58. The molecule has 178 valence electrons. The zero-order chi connectivity index (χ0) is 24.6. The van der Waals surface area contributed by atoms with Gasteiger partial charge in [-0.15, -0.1) is 0 Å². The molecule has 3 aromatic rings. The summed E-state index contributed by atoms with van der Waals surface area (Å²) in [6.45, 7) is 4.98. The van der Waals surface area contributed by atoms with Gasteiger partial charge in [0.15, 0.2) is 18.1 Å². The fourth-order valence-corrected chi connectivity index (χ4v) is 5.14. The molecular formula is C24H25N3O6S. The van der Waals surface area contributed by atoms with Gasteiger partial charge in [-0.25, -0.2) is 17.9 Å². The number of esters is 1. The number of sulfonamides is 1. The molecule has 0 aliphatic carbocycles. The molecule has 0 saturated heterocycles. The summed E-state index contributed by atoms with van der Waals surface area (Å²) in [5.74, 6) is -1.23. The van der Waals surface area contributed by atoms with Gasteiger partial charge in [0.05, 0.1) is 22.9 Å². The number of rotatable bonds is 7. The van der Waals surface area contributed by atoms with E-state index in [0.717, 1.165) is 5.56 Å². The first kappa shape index (κ1) is 23.6. The minimum absolute atomic E-state index is 0.00404. The van der Waals surface area contributed by atoms with Crippen LogP contribution in [0.3, 0.4) is 0 Å². The highest BCUT2D eigenvalue weighted by Crippen LogP contribution is 2.31. The van der Waals surface area contributed by atoms with Crippen LogP contribution in [-0.2, 0) is 21.2 Å². The molecule has 0 spiro atoms. The SMILES string of the molecule is CCS(=O)(=O)N1CCc2cc(C(=O)COC(=O)c3nn(C(C)C)c(=O)c4ccccc34)ccc21. The fourth-order valence-electron chi connectivity index (χ4n) is 3.98. The summed E-state index contributed by atoms with van der Waals surface area (Å²) in [7, 11) is -3.38. The van der Waals surface area contributed by atoms with Crippen LogP contribution < -0.4 is 9.86 Å². The Morgan fingerprint density at radius 2 is 1.82 bits per heavy atom. The summed E-state index contributed by atoms with van der Waals surface area (Å²) in [5.41, 5.74) is 1.31. The Balaban J connectivity index is 1.55. The van der Waals surface area contributed by atoms with Crippen molar-refractivity contribution in [1.29, 1.82) is 0 Å². The quantitative estimate of drug-likeness (QED) is 0.375. The number of anilines is 1. The molecule has 0 unspecified atom stereocenters. The van der Waals surface area contributed by atoms with Gasteiger partial charge in [0.1, 0.15) is 0 Å². The lowest BCUT2D eigenvalue weighted by Crippen LogP contribution is -2.30. The molecule has 0 atom stereocenters. The number of Topliss-reactive ketones (excluding diaryl/α,β-unsaturated/α-hetero) is 1. The van der Waals surface area contributed by atoms with Crippen molar-refractivity contribution in [2.45, 2.75) is 33.2 Å². The average molecular weight is 484 g/mol. The molecule has 1 aliphatic heterocycles. The first-order chi connectivity index (χ1) is 16.1. The number of carbonyl (C=O) groups is 2. The third-order valence-electron chi connectivity index (χ3n) is 5.80. The second-order valence-corrected chi connectivity index (χ2v) is 10.5. The molecular weight excluding hydrogens is 458 g/mol. The van der Waals surface area contributed by atoms with Gasteiger partial charge in [0.25, 0.3) is 5.56 Å². The number of nitrogens with zero attached hydrogens (tertiary/aromatic N) is 3. The summed E-state index contributed by atoms with van der Waals surface area (Å²) in [5, 5.41) is 4.89. The maximum absolute atomic E-state index is 12.8. The van der Waals surface area contributed by atoms with E-state index in [1.807, 2.05) is 0 Å². The van der Waals surface area contributed by atoms with Crippen molar-refractivity contribution < 1.29 is 22.7 Å². The Bertz CT molecular complexity index is 1460. The van der Waals surface area contributed by atoms with Crippen molar-refractivity contribution >= 4 is 38.2 Å². The lowest BCUT2D eigenvalue weighted by Gasteiger charge is -2.18. The normalized spacial score (nSPS) is 13.4. The zero-order valence-electron chi connectivity index (χ0n) is 19.1. The molecule has 1 aromatic heterocycles. The van der Waals surface area contributed by atoms with E-state index in [2.05, 4.69) is 5.10 Å². The van der Waals surface area contributed by atoms with Crippen molar-refractivity contribution in [3.05, 3.63) is 69.6 Å². The Morgan fingerprint density at radius 1 is 1.12 bits per heavy atom. The topological polar surface area (TPSA) is 116 Å². The van der Waals surface area contributed by atoms with Crippen LogP contribution in [-0.4, -0.2) is 48.9 Å². The van der Waals surface area contributed by atoms with Crippen LogP contribution in [0.1, 0.15) is 53.2 Å². The Kier molecular flexibility index (Phi) is 6.26. The number of carbonyl (C=O) groups excluding carboxylic acids is 2. The molecule has 34 heavy (non-hydrogen) atoms. The van der Waals surface area contributed by atoms with E-state index in [1.54, 1.807) is 57.2 Å². The van der Waals surface area contributed by atoms with Crippen LogP contribution in [0.25, 0.3) is 10.8 Å². The zero-order valence-corrected chi connectivity index (χ0v) is 20.0. The van der Waals surface area contributed by atoms with E-state index in [-0.39, 0.29) is 23.0 Å². The van der Waals surface area contributed by atoms with Gasteiger partial charge < -0.3 is 4.74 Å². The van der Waals surface area contributed by atoms with E-state index in [0.29, 0.717) is 35.0 Å². The van der Waals surface area contributed by atoms with Crippen molar-refractivity contribution in [3.63, 3.8) is 0 Å². The van der Waals surface area contributed by atoms with Gasteiger partial charge in [-0.05, 0) is 57.0 Å². The van der Waals surface area contributed by atoms with Gasteiger partial charge in [-0.1, -0.05) is 18.2 Å². The van der Waals surface area contributed by atoms with Crippen LogP contribution in [0.5, 0.6) is 0 Å². The number of ether oxygens (including phenoxy) is 1. The van der Waals surface area contributed by atoms with E-state index >= 15 is 0 Å². The van der Waals surface area contributed by atoms with E-state index in [9.17, 15) is 22.8 Å². The molecule has 0 fully saturated rings. The third kappa shape index (κ3) is 4.21. The molecule has 0 saturated carbocycles. The van der Waals surface area contributed by atoms with Gasteiger partial charge in [-0.2, -0.15) is 5.10 Å². The van der Waals surface area contributed by atoms with E-state index in [1.165, 1.54) is 15.1 Å². The summed E-state index contributed by atoms with van der Waals surface area (Å²) in [6.07, 6.45) is 0.502. The minimum atomic E-state index is -3.38. The molecule has 0 bridgehead atoms. The average Bonchev–Trinajstić information content (AvgIpc) is 3.26. The molecule has 0 N–H and O–H groups in total. The van der Waals surface area contributed by atoms with Crippen molar-refractivity contribution in [2.75, 3.05) is 23.2 Å². The van der Waals surface area contributed by atoms with Gasteiger partial charge in [-0.3, -0.25) is 13.9 Å². The van der Waals surface area contributed by atoms with E-state index in [4.69, 9.17) is 4.74 Å². The smallest absolute Gasteiger partial charge is 0.359 e. The number of fused-ring (bicyclic) bond motifs is 2. The second-order valence-electron chi connectivity index (χ2n) is 8.30. The van der Waals surface area contributed by atoms with Crippen LogP contribution in [0.4, 0.5) is 5.69 Å². The first-order valence-corrected chi connectivity index (χ1v) is 12.6. The summed E-state index contributed by atoms with van der Waals surface area (Å²) >= 11 is 0. The molecule has 10 heteroatoms. The van der Waals surface area contributed by atoms with Gasteiger partial charge >= 0.3 is 5.97 Å². The standard InChI is InChI=1S/C24H25N3O6S/c1-4-34(31,32)26-12-11-16-13-17(9-10-20(16)26)21(28)14-33-24(30)22-18-7-5-6-8-19(18)23(29)27(25-22)15(2)3/h5-10,13,15H,4,11-12,14H2,1-3H3. The number of hydrogen-bond acceptors (Lipinski definition) is 7. The molecule has 0 radical (unpaired) electrons. The Labute approximate surface area is 197 Å². The second kappa shape index (κ2) is 9.02. The van der Waals surface area contributed by atoms with Crippen LogP contribution in [0.2, 0.25) is 0 Å². The molecule has 2 aromatic carbocycles. The Morgan fingerprint density at radius 3 is 2.50 bits per heavy atom. The van der Waals surface area contributed by atoms with E-state index < -0.39 is 28.4 Å². The minimum Gasteiger partial charge on any atom is -0.452 e. The van der Waals surface area contributed by atoms with Crippen molar-refractivity contribution in [3.8, 4) is 0 Å². The summed E-state index contributed by atoms with van der Waals surface area (Å²) in [6, 6.07) is 11.1. The van der Waals surface area contributed by atoms with Crippen molar-refractivity contribution in [1.82, 2.24) is 9.78 Å². The predicted octanol–water partition coefficient (Wildman–Crippen LogP) is 2.73. The predicted molar refractivity (Wildman–Crippen MR) is 128 cm³/mol. The van der Waals surface area contributed by atoms with Crippen LogP contribution in [0, 0.1) is 0 Å². The molecule has 1 aliphatic rings. The number of benzene rings is 2. The Hall–Kier alpha value is -3.53. The van der Waals surface area contributed by atoms with Crippen LogP contribution in [0.15, 0.2) is 47.3 Å². The summed E-state index contributed by atoms with van der Waals surface area (Å²) in [4.78, 5) is 38.2. The molecule has 4 rings (SSSR count). The number of aromatic nitrogens is 2. The molecule has 9 nitrogen and oxygen atoms in total. The molecule has 0 amide bonds. The van der Waals surface area contributed by atoms with Gasteiger partial charge in [0.2, 0.25) is 10.0 Å². The monoisotopic (exact) mass is 483 g/mol. The number of ketones is 1. The lowest BCUT2D eigenvalue weighted by atomic mass is 10.1. The fraction of sp³-hybridized carbons (Fsp3) is 0.333. The maximum atomic E-state index is 12.8. The largest absolute Gasteiger partial charge is 0.452 e. The highest BCUT2D eigenvalue weighted by Gasteiger charge is 2.29. The maximum Gasteiger partial charge on any atom is 0.359 e.